The highest BCUT2D eigenvalue weighted by molar-refractivity contribution is 6.33. The maximum absolute atomic E-state index is 11.1. The Bertz CT molecular complexity index is 420. The summed E-state index contributed by atoms with van der Waals surface area (Å²) >= 11 is 5.94. The molecule has 1 aromatic heterocycles. The second-order valence-electron chi connectivity index (χ2n) is 3.11. The average Bonchev–Trinajstić information content (AvgIpc) is 2.67. The highest BCUT2D eigenvalue weighted by Crippen LogP contribution is 2.27. The number of carbonyl (C=O) groups excluding carboxylic acids is 1. The van der Waals surface area contributed by atoms with E-state index in [1.54, 1.807) is 24.5 Å². The number of hydrogen-bond acceptors (Lipinski definition) is 4. The van der Waals surface area contributed by atoms with Gasteiger partial charge < -0.3 is 5.73 Å². The number of halogens is 1. The van der Waals surface area contributed by atoms with Gasteiger partial charge in [-0.2, -0.15) is 5.10 Å². The molecule has 15 heavy (non-hydrogen) atoms. The number of nitrogens with zero attached hydrogens (tertiary/aromatic N) is 3. The van der Waals surface area contributed by atoms with Crippen LogP contribution in [-0.4, -0.2) is 23.1 Å². The van der Waals surface area contributed by atoms with Crippen LogP contribution in [0.5, 0.6) is 0 Å². The number of amides is 1. The summed E-state index contributed by atoms with van der Waals surface area (Å²) in [4.78, 5) is 15.2. The third-order valence-electron chi connectivity index (χ3n) is 2.11. The van der Waals surface area contributed by atoms with E-state index < -0.39 is 11.9 Å². The van der Waals surface area contributed by atoms with Crippen molar-refractivity contribution in [2.24, 2.45) is 10.8 Å². The van der Waals surface area contributed by atoms with E-state index in [9.17, 15) is 4.79 Å². The van der Waals surface area contributed by atoms with Crippen LogP contribution in [-0.2, 0) is 4.79 Å². The summed E-state index contributed by atoms with van der Waals surface area (Å²) in [6.45, 7) is 0. The van der Waals surface area contributed by atoms with Crippen LogP contribution in [0.2, 0.25) is 5.02 Å². The van der Waals surface area contributed by atoms with Crippen LogP contribution >= 0.6 is 11.6 Å². The third-order valence-corrected chi connectivity index (χ3v) is 2.41. The lowest BCUT2D eigenvalue weighted by Gasteiger charge is -2.20. The molecule has 1 aromatic rings. The van der Waals surface area contributed by atoms with Crippen LogP contribution in [0.1, 0.15) is 6.42 Å². The van der Waals surface area contributed by atoms with Crippen molar-refractivity contribution in [1.29, 1.82) is 0 Å². The molecule has 1 aliphatic heterocycles. The molecule has 1 unspecified atom stereocenters. The van der Waals surface area contributed by atoms with Gasteiger partial charge in [0.2, 0.25) is 5.91 Å². The van der Waals surface area contributed by atoms with E-state index in [0.717, 1.165) is 0 Å². The standard InChI is InChI=1S/C9H9ClN4O/c10-6-2-1-4-12-9(6)14-7(8(11)15)3-5-13-14/h1-2,4-5,7H,3H2,(H2,11,15). The number of pyridine rings is 1. The lowest BCUT2D eigenvalue weighted by molar-refractivity contribution is -0.119. The van der Waals surface area contributed by atoms with E-state index in [-0.39, 0.29) is 0 Å². The summed E-state index contributed by atoms with van der Waals surface area (Å²) in [6, 6.07) is 2.91. The van der Waals surface area contributed by atoms with Gasteiger partial charge in [-0.1, -0.05) is 11.6 Å². The van der Waals surface area contributed by atoms with Gasteiger partial charge in [0.25, 0.3) is 0 Å². The molecule has 2 N–H and O–H groups in total. The van der Waals surface area contributed by atoms with Crippen LogP contribution in [0, 0.1) is 0 Å². The van der Waals surface area contributed by atoms with Crippen molar-refractivity contribution in [1.82, 2.24) is 4.98 Å². The van der Waals surface area contributed by atoms with Crippen molar-refractivity contribution in [3.05, 3.63) is 23.4 Å². The fourth-order valence-corrected chi connectivity index (χ4v) is 1.61. The topological polar surface area (TPSA) is 71.6 Å². The minimum absolute atomic E-state index is 0.436. The van der Waals surface area contributed by atoms with Gasteiger partial charge in [-0.25, -0.2) is 9.99 Å². The quantitative estimate of drug-likeness (QED) is 0.807. The smallest absolute Gasteiger partial charge is 0.242 e. The number of carbonyl (C=O) groups is 1. The zero-order valence-corrected chi connectivity index (χ0v) is 8.55. The third kappa shape index (κ3) is 1.78. The van der Waals surface area contributed by atoms with E-state index >= 15 is 0 Å². The molecule has 1 aliphatic rings. The number of nitrogens with two attached hydrogens (primary N) is 1. The fourth-order valence-electron chi connectivity index (χ4n) is 1.40. The van der Waals surface area contributed by atoms with Gasteiger partial charge in [0.15, 0.2) is 5.82 Å². The number of hydrogen-bond donors (Lipinski definition) is 1. The minimum Gasteiger partial charge on any atom is -0.368 e. The number of aromatic nitrogens is 1. The van der Waals surface area contributed by atoms with E-state index in [0.29, 0.717) is 17.3 Å². The monoisotopic (exact) mass is 224 g/mol. The molecular weight excluding hydrogens is 216 g/mol. The first-order valence-corrected chi connectivity index (χ1v) is 4.79. The van der Waals surface area contributed by atoms with Crippen LogP contribution < -0.4 is 10.7 Å². The zero-order chi connectivity index (χ0) is 10.8. The van der Waals surface area contributed by atoms with Crippen LogP contribution in [0.15, 0.2) is 23.4 Å². The molecule has 0 saturated carbocycles. The lowest BCUT2D eigenvalue weighted by atomic mass is 10.2. The lowest BCUT2D eigenvalue weighted by Crippen LogP contribution is -2.39. The molecule has 78 valence electrons. The van der Waals surface area contributed by atoms with E-state index in [1.165, 1.54) is 5.01 Å². The Morgan fingerprint density at radius 2 is 2.47 bits per heavy atom. The highest BCUT2D eigenvalue weighted by Gasteiger charge is 2.29. The van der Waals surface area contributed by atoms with E-state index in [4.69, 9.17) is 17.3 Å². The zero-order valence-electron chi connectivity index (χ0n) is 7.80. The summed E-state index contributed by atoms with van der Waals surface area (Å²) in [5.41, 5.74) is 5.24. The Balaban J connectivity index is 2.34. The first kappa shape index (κ1) is 9.92. The molecule has 0 aromatic carbocycles. The van der Waals surface area contributed by atoms with Crippen LogP contribution in [0.25, 0.3) is 0 Å². The Morgan fingerprint density at radius 3 is 3.13 bits per heavy atom. The number of rotatable bonds is 2. The van der Waals surface area contributed by atoms with Gasteiger partial charge in [-0.3, -0.25) is 4.79 Å². The van der Waals surface area contributed by atoms with E-state index in [1.807, 2.05) is 0 Å². The van der Waals surface area contributed by atoms with Gasteiger partial charge in [-0.15, -0.1) is 0 Å². The molecule has 0 spiro atoms. The van der Waals surface area contributed by atoms with Gasteiger partial charge in [-0.05, 0) is 12.1 Å². The minimum atomic E-state index is -0.489. The fraction of sp³-hybridized carbons (Fsp3) is 0.222. The summed E-state index contributed by atoms with van der Waals surface area (Å²) < 4.78 is 0. The predicted molar refractivity (Wildman–Crippen MR) is 57.8 cm³/mol. The normalized spacial score (nSPS) is 19.5. The molecule has 0 fully saturated rings. The summed E-state index contributed by atoms with van der Waals surface area (Å²) in [5.74, 6) is 0.0194. The van der Waals surface area contributed by atoms with Crippen molar-refractivity contribution in [2.75, 3.05) is 5.01 Å². The largest absolute Gasteiger partial charge is 0.368 e. The molecule has 0 saturated heterocycles. The van der Waals surface area contributed by atoms with Crippen molar-refractivity contribution in [2.45, 2.75) is 12.5 Å². The Kier molecular flexibility index (Phi) is 2.55. The van der Waals surface area contributed by atoms with Crippen molar-refractivity contribution >= 4 is 29.5 Å². The summed E-state index contributed by atoms with van der Waals surface area (Å²) in [7, 11) is 0. The van der Waals surface area contributed by atoms with Gasteiger partial charge >= 0.3 is 0 Å². The number of hydrazone groups is 1. The van der Waals surface area contributed by atoms with E-state index in [2.05, 4.69) is 10.1 Å². The first-order chi connectivity index (χ1) is 7.20. The highest BCUT2D eigenvalue weighted by atomic mass is 35.5. The molecule has 2 rings (SSSR count). The molecule has 0 radical (unpaired) electrons. The Morgan fingerprint density at radius 1 is 1.67 bits per heavy atom. The molecule has 5 nitrogen and oxygen atoms in total. The molecule has 2 heterocycles. The molecular formula is C9H9ClN4O. The van der Waals surface area contributed by atoms with Crippen LogP contribution in [0.4, 0.5) is 5.82 Å². The SMILES string of the molecule is NC(=O)C1CC=NN1c1ncccc1Cl. The molecule has 1 amide bonds. The summed E-state index contributed by atoms with van der Waals surface area (Å²) in [5, 5.41) is 5.93. The molecule has 0 aliphatic carbocycles. The van der Waals surface area contributed by atoms with Gasteiger partial charge in [0, 0.05) is 18.8 Å². The maximum Gasteiger partial charge on any atom is 0.242 e. The van der Waals surface area contributed by atoms with Gasteiger partial charge in [0.05, 0.1) is 5.02 Å². The average molecular weight is 225 g/mol. The molecule has 0 bridgehead atoms. The van der Waals surface area contributed by atoms with Crippen molar-refractivity contribution in [3.63, 3.8) is 0 Å². The second-order valence-corrected chi connectivity index (χ2v) is 3.51. The van der Waals surface area contributed by atoms with Crippen molar-refractivity contribution in [3.8, 4) is 0 Å². The van der Waals surface area contributed by atoms with Gasteiger partial charge in [0.1, 0.15) is 6.04 Å². The first-order valence-electron chi connectivity index (χ1n) is 4.41. The Hall–Kier alpha value is -1.62. The maximum atomic E-state index is 11.1. The Labute approximate surface area is 91.5 Å². The van der Waals surface area contributed by atoms with Crippen LogP contribution in [0.3, 0.4) is 0 Å². The number of primary amides is 1. The number of anilines is 1. The molecule has 6 heteroatoms. The molecule has 1 atom stereocenters. The second kappa shape index (κ2) is 3.86. The predicted octanol–water partition coefficient (Wildman–Crippen LogP) is 0.785. The summed E-state index contributed by atoms with van der Waals surface area (Å²) in [6.07, 6.45) is 3.70. The van der Waals surface area contributed by atoms with Crippen molar-refractivity contribution < 1.29 is 4.79 Å².